The van der Waals surface area contributed by atoms with Crippen LogP contribution in [-0.4, -0.2) is 50.5 Å². The number of thioether (sulfide) groups is 1. The number of ether oxygens (including phenoxy) is 1. The molecule has 27 heavy (non-hydrogen) atoms. The maximum atomic E-state index is 12.6. The molecule has 2 aliphatic rings. The summed E-state index contributed by atoms with van der Waals surface area (Å²) in [5.74, 6) is -0.709. The van der Waals surface area contributed by atoms with Crippen LogP contribution in [0.3, 0.4) is 0 Å². The van der Waals surface area contributed by atoms with Crippen molar-refractivity contribution in [2.45, 2.75) is 53.8 Å². The minimum Gasteiger partial charge on any atom is -0.376 e. The largest absolute Gasteiger partial charge is 0.376 e. The summed E-state index contributed by atoms with van der Waals surface area (Å²) in [6.45, 7) is 3.08. The molecule has 0 saturated carbocycles. The summed E-state index contributed by atoms with van der Waals surface area (Å²) in [6, 6.07) is 4.74. The van der Waals surface area contributed by atoms with Gasteiger partial charge in [-0.25, -0.2) is 8.42 Å². The third-order valence-electron chi connectivity index (χ3n) is 4.53. The molecule has 2 heterocycles. The minimum absolute atomic E-state index is 0.0265. The summed E-state index contributed by atoms with van der Waals surface area (Å²) >= 11 is 1.54. The van der Waals surface area contributed by atoms with Crippen molar-refractivity contribution in [1.82, 2.24) is 5.32 Å². The number of carbonyl (C=O) groups is 2. The van der Waals surface area contributed by atoms with Gasteiger partial charge >= 0.3 is 0 Å². The molecule has 3 rings (SSSR count). The monoisotopic (exact) mass is 412 g/mol. The lowest BCUT2D eigenvalue weighted by Crippen LogP contribution is -2.32. The van der Waals surface area contributed by atoms with Gasteiger partial charge in [-0.05, 0) is 31.0 Å². The second-order valence-corrected chi connectivity index (χ2v) is 10.4. The van der Waals surface area contributed by atoms with Gasteiger partial charge in [-0.15, -0.1) is 11.8 Å². The van der Waals surface area contributed by atoms with Crippen molar-refractivity contribution in [2.75, 3.05) is 24.2 Å². The molecule has 0 aliphatic carbocycles. The molecule has 2 aliphatic heterocycles. The normalized spacial score (nSPS) is 22.6. The van der Waals surface area contributed by atoms with Crippen LogP contribution in [0.4, 0.5) is 5.69 Å². The third-order valence-corrected chi connectivity index (χ3v) is 7.43. The van der Waals surface area contributed by atoms with E-state index in [1.807, 2.05) is 6.92 Å². The topological polar surface area (TPSA) is 102 Å². The average molecular weight is 413 g/mol. The predicted octanol–water partition coefficient (Wildman–Crippen LogP) is 1.97. The quantitative estimate of drug-likeness (QED) is 0.741. The summed E-state index contributed by atoms with van der Waals surface area (Å²) in [4.78, 5) is 24.8. The van der Waals surface area contributed by atoms with E-state index in [0.29, 0.717) is 25.3 Å². The average Bonchev–Trinajstić information content (AvgIpc) is 3.08. The molecular weight excluding hydrogens is 388 g/mol. The first-order chi connectivity index (χ1) is 12.8. The Morgan fingerprint density at radius 2 is 2.22 bits per heavy atom. The van der Waals surface area contributed by atoms with Gasteiger partial charge in [0.05, 0.1) is 22.4 Å². The van der Waals surface area contributed by atoms with Gasteiger partial charge in [0.1, 0.15) is 0 Å². The highest BCUT2D eigenvalue weighted by Gasteiger charge is 2.23. The highest BCUT2D eigenvalue weighted by molar-refractivity contribution is 8.00. The smallest absolute Gasteiger partial charge is 0.225 e. The van der Waals surface area contributed by atoms with E-state index in [9.17, 15) is 18.0 Å². The number of carbonyl (C=O) groups excluding carboxylic acids is 2. The standard InChI is InChI=1S/C18H24N2O5S2/c1-12-9-18(22)20-15-10-14(4-5-16(15)26-12)27(23,24)8-6-17(21)19-11-13-3-2-7-25-13/h4-5,10,12-13H,2-3,6-9,11H2,1H3,(H,19,21)(H,20,22)/t12-,13+/m1/s1. The molecule has 1 aromatic rings. The molecule has 1 fully saturated rings. The van der Waals surface area contributed by atoms with Crippen molar-refractivity contribution in [3.63, 3.8) is 0 Å². The van der Waals surface area contributed by atoms with E-state index in [1.165, 1.54) is 23.9 Å². The number of sulfone groups is 1. The molecule has 0 unspecified atom stereocenters. The first-order valence-corrected chi connectivity index (χ1v) is 11.6. The Bertz CT molecular complexity index is 819. The SMILES string of the molecule is C[C@@H]1CC(=O)Nc2cc(S(=O)(=O)CCC(=O)NC[C@@H]3CCCO3)ccc2S1. The zero-order chi connectivity index (χ0) is 19.4. The predicted molar refractivity (Wildman–Crippen MR) is 104 cm³/mol. The lowest BCUT2D eigenvalue weighted by atomic mass is 10.2. The second-order valence-electron chi connectivity index (χ2n) is 6.85. The molecule has 9 heteroatoms. The number of fused-ring (bicyclic) bond motifs is 1. The molecule has 0 bridgehead atoms. The minimum atomic E-state index is -3.62. The number of amides is 2. The summed E-state index contributed by atoms with van der Waals surface area (Å²) in [6.07, 6.45) is 2.20. The van der Waals surface area contributed by atoms with Crippen LogP contribution in [0.15, 0.2) is 28.0 Å². The molecular formula is C18H24N2O5S2. The maximum absolute atomic E-state index is 12.6. The molecule has 2 N–H and O–H groups in total. The van der Waals surface area contributed by atoms with Crippen molar-refractivity contribution in [1.29, 1.82) is 0 Å². The molecule has 2 atom stereocenters. The number of rotatable bonds is 6. The molecule has 7 nitrogen and oxygen atoms in total. The van der Waals surface area contributed by atoms with E-state index in [4.69, 9.17) is 4.74 Å². The Morgan fingerprint density at radius 1 is 1.41 bits per heavy atom. The molecule has 1 aromatic carbocycles. The zero-order valence-corrected chi connectivity index (χ0v) is 16.8. The number of nitrogens with one attached hydrogen (secondary N) is 2. The van der Waals surface area contributed by atoms with Crippen LogP contribution in [0.25, 0.3) is 0 Å². The van der Waals surface area contributed by atoms with Crippen LogP contribution in [0, 0.1) is 0 Å². The summed E-state index contributed by atoms with van der Waals surface area (Å²) in [7, 11) is -3.62. The van der Waals surface area contributed by atoms with E-state index in [1.54, 1.807) is 6.07 Å². The fourth-order valence-electron chi connectivity index (χ4n) is 3.09. The molecule has 0 aromatic heterocycles. The molecule has 0 radical (unpaired) electrons. The Hall–Kier alpha value is -1.58. The zero-order valence-electron chi connectivity index (χ0n) is 15.2. The Kier molecular flexibility index (Phi) is 6.44. The van der Waals surface area contributed by atoms with Crippen molar-refractivity contribution < 1.29 is 22.7 Å². The van der Waals surface area contributed by atoms with Gasteiger partial charge < -0.3 is 15.4 Å². The van der Waals surface area contributed by atoms with E-state index in [-0.39, 0.29) is 40.2 Å². The van der Waals surface area contributed by atoms with Crippen LogP contribution in [0.2, 0.25) is 0 Å². The van der Waals surface area contributed by atoms with Crippen molar-refractivity contribution >= 4 is 39.1 Å². The van der Waals surface area contributed by atoms with Crippen LogP contribution < -0.4 is 10.6 Å². The lowest BCUT2D eigenvalue weighted by molar-refractivity contribution is -0.121. The third kappa shape index (κ3) is 5.46. The summed E-state index contributed by atoms with van der Waals surface area (Å²) in [5, 5.41) is 5.62. The van der Waals surface area contributed by atoms with Crippen LogP contribution >= 0.6 is 11.8 Å². The summed E-state index contributed by atoms with van der Waals surface area (Å²) < 4.78 is 30.6. The molecule has 2 amide bonds. The Labute approximate surface area is 163 Å². The number of benzene rings is 1. The molecule has 0 spiro atoms. The fraction of sp³-hybridized carbons (Fsp3) is 0.556. The van der Waals surface area contributed by atoms with Crippen molar-refractivity contribution in [2.24, 2.45) is 0 Å². The van der Waals surface area contributed by atoms with E-state index in [0.717, 1.165) is 17.7 Å². The lowest BCUT2D eigenvalue weighted by Gasteiger charge is -2.12. The number of hydrogen-bond donors (Lipinski definition) is 2. The van der Waals surface area contributed by atoms with Crippen molar-refractivity contribution in [3.8, 4) is 0 Å². The maximum Gasteiger partial charge on any atom is 0.225 e. The van der Waals surface area contributed by atoms with Gasteiger partial charge in [-0.3, -0.25) is 9.59 Å². The van der Waals surface area contributed by atoms with Gasteiger partial charge in [0, 0.05) is 36.1 Å². The van der Waals surface area contributed by atoms with E-state index in [2.05, 4.69) is 10.6 Å². The van der Waals surface area contributed by atoms with Gasteiger partial charge in [0.25, 0.3) is 0 Å². The second kappa shape index (κ2) is 8.62. The number of hydrogen-bond acceptors (Lipinski definition) is 6. The molecule has 148 valence electrons. The van der Waals surface area contributed by atoms with Gasteiger partial charge in [0.2, 0.25) is 11.8 Å². The van der Waals surface area contributed by atoms with Crippen LogP contribution in [-0.2, 0) is 24.2 Å². The molecule has 1 saturated heterocycles. The first-order valence-electron chi connectivity index (χ1n) is 9.05. The van der Waals surface area contributed by atoms with Gasteiger partial charge in [-0.2, -0.15) is 0 Å². The van der Waals surface area contributed by atoms with Gasteiger partial charge in [-0.1, -0.05) is 6.92 Å². The highest BCUT2D eigenvalue weighted by Crippen LogP contribution is 2.36. The Balaban J connectivity index is 1.61. The van der Waals surface area contributed by atoms with Crippen LogP contribution in [0.5, 0.6) is 0 Å². The fourth-order valence-corrected chi connectivity index (χ4v) is 5.40. The summed E-state index contributed by atoms with van der Waals surface area (Å²) in [5.41, 5.74) is 0.512. The Morgan fingerprint density at radius 3 is 2.96 bits per heavy atom. The number of anilines is 1. The van der Waals surface area contributed by atoms with E-state index < -0.39 is 9.84 Å². The van der Waals surface area contributed by atoms with Crippen molar-refractivity contribution in [3.05, 3.63) is 18.2 Å². The van der Waals surface area contributed by atoms with E-state index >= 15 is 0 Å². The van der Waals surface area contributed by atoms with Gasteiger partial charge in [0.15, 0.2) is 9.84 Å². The van der Waals surface area contributed by atoms with Crippen LogP contribution in [0.1, 0.15) is 32.6 Å². The first kappa shape index (κ1) is 20.2. The highest BCUT2D eigenvalue weighted by atomic mass is 32.2.